The van der Waals surface area contributed by atoms with Gasteiger partial charge in [0.2, 0.25) is 5.91 Å². The standard InChI is InChI=1S/C15H19N5O.ClH/c1-20-10-17-19-14(20)11-4-2-6-13(8-11)18-15(21)12-5-3-7-16-9-12;/h2,4,6,8,10,12,16H,3,5,7,9H2,1H3,(H,18,21);1H. The molecular weight excluding hydrogens is 302 g/mol. The number of anilines is 1. The quantitative estimate of drug-likeness (QED) is 0.905. The molecule has 6 nitrogen and oxygen atoms in total. The largest absolute Gasteiger partial charge is 0.326 e. The topological polar surface area (TPSA) is 71.8 Å². The average Bonchev–Trinajstić information content (AvgIpc) is 2.94. The van der Waals surface area contributed by atoms with Gasteiger partial charge in [-0.15, -0.1) is 22.6 Å². The van der Waals surface area contributed by atoms with Gasteiger partial charge in [0.15, 0.2) is 5.82 Å². The van der Waals surface area contributed by atoms with Crippen LogP contribution in [0.1, 0.15) is 12.8 Å². The Morgan fingerprint density at radius 3 is 3.00 bits per heavy atom. The molecule has 2 aromatic rings. The van der Waals surface area contributed by atoms with Crippen LogP contribution in [0.2, 0.25) is 0 Å². The first-order chi connectivity index (χ1) is 10.2. The fraction of sp³-hybridized carbons (Fsp3) is 0.400. The van der Waals surface area contributed by atoms with Crippen molar-refractivity contribution in [1.29, 1.82) is 0 Å². The van der Waals surface area contributed by atoms with E-state index in [-0.39, 0.29) is 24.2 Å². The van der Waals surface area contributed by atoms with Gasteiger partial charge >= 0.3 is 0 Å². The SMILES string of the molecule is Cl.Cn1cnnc1-c1cccc(NC(=O)C2CCCNC2)c1. The molecule has 2 heterocycles. The summed E-state index contributed by atoms with van der Waals surface area (Å²) in [5.74, 6) is 0.917. The van der Waals surface area contributed by atoms with E-state index in [1.54, 1.807) is 6.33 Å². The third kappa shape index (κ3) is 3.64. The summed E-state index contributed by atoms with van der Waals surface area (Å²) in [5, 5.41) is 14.2. The van der Waals surface area contributed by atoms with Gasteiger partial charge in [0.05, 0.1) is 5.92 Å². The van der Waals surface area contributed by atoms with Gasteiger partial charge in [0, 0.05) is 24.8 Å². The number of amides is 1. The maximum Gasteiger partial charge on any atom is 0.228 e. The van der Waals surface area contributed by atoms with Crippen LogP contribution in [0.5, 0.6) is 0 Å². The Labute approximate surface area is 135 Å². The van der Waals surface area contributed by atoms with Crippen molar-refractivity contribution in [2.75, 3.05) is 18.4 Å². The van der Waals surface area contributed by atoms with Gasteiger partial charge in [0.25, 0.3) is 0 Å². The molecule has 3 rings (SSSR count). The summed E-state index contributed by atoms with van der Waals surface area (Å²) in [6.07, 6.45) is 3.66. The fourth-order valence-corrected chi connectivity index (χ4v) is 2.60. The van der Waals surface area contributed by atoms with Crippen molar-refractivity contribution in [3.05, 3.63) is 30.6 Å². The molecule has 1 unspecified atom stereocenters. The van der Waals surface area contributed by atoms with E-state index in [0.717, 1.165) is 43.0 Å². The summed E-state index contributed by atoms with van der Waals surface area (Å²) in [6, 6.07) is 7.70. The minimum Gasteiger partial charge on any atom is -0.326 e. The molecule has 0 aliphatic carbocycles. The second-order valence-electron chi connectivity index (χ2n) is 5.38. The van der Waals surface area contributed by atoms with Gasteiger partial charge in [-0.25, -0.2) is 0 Å². The van der Waals surface area contributed by atoms with Crippen molar-refractivity contribution in [2.24, 2.45) is 13.0 Å². The summed E-state index contributed by atoms with van der Waals surface area (Å²) in [4.78, 5) is 12.2. The number of carbonyl (C=O) groups is 1. The molecule has 2 N–H and O–H groups in total. The molecule has 0 saturated carbocycles. The van der Waals surface area contributed by atoms with E-state index in [0.29, 0.717) is 0 Å². The number of aromatic nitrogens is 3. The number of nitrogens with one attached hydrogen (secondary N) is 2. The van der Waals surface area contributed by atoms with Crippen molar-refractivity contribution >= 4 is 24.0 Å². The highest BCUT2D eigenvalue weighted by Crippen LogP contribution is 2.21. The van der Waals surface area contributed by atoms with Gasteiger partial charge in [-0.2, -0.15) is 0 Å². The molecule has 1 fully saturated rings. The number of nitrogens with zero attached hydrogens (tertiary/aromatic N) is 3. The minimum absolute atomic E-state index is 0. The van der Waals surface area contributed by atoms with Crippen molar-refractivity contribution in [1.82, 2.24) is 20.1 Å². The Morgan fingerprint density at radius 2 is 2.32 bits per heavy atom. The number of piperidine rings is 1. The van der Waals surface area contributed by atoms with E-state index in [4.69, 9.17) is 0 Å². The van der Waals surface area contributed by atoms with Gasteiger partial charge in [-0.1, -0.05) is 12.1 Å². The highest BCUT2D eigenvalue weighted by molar-refractivity contribution is 5.93. The molecule has 1 amide bonds. The van der Waals surface area contributed by atoms with Crippen LogP contribution in [0, 0.1) is 5.92 Å². The lowest BCUT2D eigenvalue weighted by molar-refractivity contribution is -0.120. The van der Waals surface area contributed by atoms with E-state index in [1.807, 2.05) is 35.9 Å². The zero-order valence-electron chi connectivity index (χ0n) is 12.5. The van der Waals surface area contributed by atoms with Crippen LogP contribution in [-0.2, 0) is 11.8 Å². The zero-order chi connectivity index (χ0) is 14.7. The van der Waals surface area contributed by atoms with Gasteiger partial charge in [-0.05, 0) is 31.5 Å². The molecule has 1 atom stereocenters. The van der Waals surface area contributed by atoms with E-state index in [2.05, 4.69) is 20.8 Å². The monoisotopic (exact) mass is 321 g/mol. The highest BCUT2D eigenvalue weighted by Gasteiger charge is 2.20. The molecule has 118 valence electrons. The molecule has 1 aromatic carbocycles. The van der Waals surface area contributed by atoms with Crippen LogP contribution in [0.15, 0.2) is 30.6 Å². The highest BCUT2D eigenvalue weighted by atomic mass is 35.5. The van der Waals surface area contributed by atoms with Crippen LogP contribution in [0.3, 0.4) is 0 Å². The van der Waals surface area contributed by atoms with E-state index in [1.165, 1.54) is 0 Å². The van der Waals surface area contributed by atoms with E-state index in [9.17, 15) is 4.79 Å². The summed E-state index contributed by atoms with van der Waals surface area (Å²) in [6.45, 7) is 1.76. The first-order valence-electron chi connectivity index (χ1n) is 7.20. The van der Waals surface area contributed by atoms with Crippen LogP contribution >= 0.6 is 12.4 Å². The van der Waals surface area contributed by atoms with Crippen LogP contribution < -0.4 is 10.6 Å². The van der Waals surface area contributed by atoms with Gasteiger partial charge in [0.1, 0.15) is 6.33 Å². The lowest BCUT2D eigenvalue weighted by Gasteiger charge is -2.22. The Kier molecular flexibility index (Phi) is 5.51. The van der Waals surface area contributed by atoms with Gasteiger partial charge < -0.3 is 15.2 Å². The van der Waals surface area contributed by atoms with E-state index >= 15 is 0 Å². The summed E-state index contributed by atoms with van der Waals surface area (Å²) in [5.41, 5.74) is 1.74. The average molecular weight is 322 g/mol. The van der Waals surface area contributed by atoms with E-state index < -0.39 is 0 Å². The molecule has 0 bridgehead atoms. The van der Waals surface area contributed by atoms with Crippen molar-refractivity contribution in [3.63, 3.8) is 0 Å². The second-order valence-corrected chi connectivity index (χ2v) is 5.38. The van der Waals surface area contributed by atoms with Gasteiger partial charge in [-0.3, -0.25) is 4.79 Å². The van der Waals surface area contributed by atoms with Crippen molar-refractivity contribution < 1.29 is 4.79 Å². The fourth-order valence-electron chi connectivity index (χ4n) is 2.60. The minimum atomic E-state index is 0. The molecule has 0 spiro atoms. The molecule has 1 saturated heterocycles. The first kappa shape index (κ1) is 16.5. The van der Waals surface area contributed by atoms with Crippen molar-refractivity contribution in [2.45, 2.75) is 12.8 Å². The number of hydrogen-bond donors (Lipinski definition) is 2. The lowest BCUT2D eigenvalue weighted by atomic mass is 9.99. The predicted molar refractivity (Wildman–Crippen MR) is 87.9 cm³/mol. The molecule has 0 radical (unpaired) electrons. The molecule has 22 heavy (non-hydrogen) atoms. The number of hydrogen-bond acceptors (Lipinski definition) is 4. The summed E-state index contributed by atoms with van der Waals surface area (Å²) in [7, 11) is 1.90. The third-order valence-corrected chi connectivity index (χ3v) is 3.77. The zero-order valence-corrected chi connectivity index (χ0v) is 13.3. The summed E-state index contributed by atoms with van der Waals surface area (Å²) < 4.78 is 1.85. The predicted octanol–water partition coefficient (Wildman–Crippen LogP) is 1.84. The number of aryl methyl sites for hydroxylation is 1. The molecular formula is C15H20ClN5O. The number of halogens is 1. The van der Waals surface area contributed by atoms with Crippen LogP contribution in [0.25, 0.3) is 11.4 Å². The van der Waals surface area contributed by atoms with Crippen LogP contribution in [-0.4, -0.2) is 33.8 Å². The Bertz CT molecular complexity index is 636. The van der Waals surface area contributed by atoms with Crippen molar-refractivity contribution in [3.8, 4) is 11.4 Å². The normalized spacial score (nSPS) is 17.6. The van der Waals surface area contributed by atoms with Crippen LogP contribution in [0.4, 0.5) is 5.69 Å². The molecule has 1 aliphatic heterocycles. The number of benzene rings is 1. The third-order valence-electron chi connectivity index (χ3n) is 3.77. The second kappa shape index (κ2) is 7.38. The number of rotatable bonds is 3. The Hall–Kier alpha value is -1.92. The molecule has 7 heteroatoms. The maximum absolute atomic E-state index is 12.2. The number of carbonyl (C=O) groups excluding carboxylic acids is 1. The molecule has 1 aliphatic rings. The lowest BCUT2D eigenvalue weighted by Crippen LogP contribution is -2.37. The summed E-state index contributed by atoms with van der Waals surface area (Å²) >= 11 is 0. The smallest absolute Gasteiger partial charge is 0.228 e. The Morgan fingerprint density at radius 1 is 1.45 bits per heavy atom. The maximum atomic E-state index is 12.2. The molecule has 1 aromatic heterocycles. The Balaban J connectivity index is 0.00000176. The first-order valence-corrected chi connectivity index (χ1v) is 7.20.